The third-order valence-electron chi connectivity index (χ3n) is 10.1. The number of allylic oxidation sites excluding steroid dienone is 2. The van der Waals surface area contributed by atoms with Crippen LogP contribution in [0.25, 0.3) is 0 Å². The highest BCUT2D eigenvalue weighted by molar-refractivity contribution is 5.24. The minimum atomic E-state index is 0.562. The van der Waals surface area contributed by atoms with E-state index < -0.39 is 0 Å². The van der Waals surface area contributed by atoms with Gasteiger partial charge in [-0.25, -0.2) is 0 Å². The first-order valence-electron chi connectivity index (χ1n) is 12.5. The van der Waals surface area contributed by atoms with E-state index in [0.29, 0.717) is 10.8 Å². The van der Waals surface area contributed by atoms with Gasteiger partial charge in [-0.1, -0.05) is 65.5 Å². The summed E-state index contributed by atoms with van der Waals surface area (Å²) in [6, 6.07) is 0. The van der Waals surface area contributed by atoms with Crippen LogP contribution in [0, 0.1) is 46.3 Å². The highest BCUT2D eigenvalue weighted by Crippen LogP contribution is 2.67. The molecule has 0 nitrogen and oxygen atoms in total. The van der Waals surface area contributed by atoms with Gasteiger partial charge in [-0.15, -0.1) is 0 Å². The average molecular weight is 371 g/mol. The zero-order chi connectivity index (χ0) is 19.2. The zero-order valence-corrected chi connectivity index (χ0v) is 19.0. The fraction of sp³-hybridized carbons (Fsp3) is 0.926. The van der Waals surface area contributed by atoms with E-state index in [1.165, 1.54) is 70.6 Å². The molecule has 0 amide bonds. The third-order valence-corrected chi connectivity index (χ3v) is 10.1. The van der Waals surface area contributed by atoms with E-state index in [1.54, 1.807) is 6.42 Å². The van der Waals surface area contributed by atoms with Crippen molar-refractivity contribution in [2.45, 2.75) is 112 Å². The van der Waals surface area contributed by atoms with E-state index in [9.17, 15) is 0 Å². The van der Waals surface area contributed by atoms with Crippen LogP contribution in [0.1, 0.15) is 112 Å². The van der Waals surface area contributed by atoms with E-state index in [1.807, 2.05) is 5.57 Å². The predicted molar refractivity (Wildman–Crippen MR) is 118 cm³/mol. The Kier molecular flexibility index (Phi) is 5.59. The molecule has 0 heterocycles. The van der Waals surface area contributed by atoms with Crippen molar-refractivity contribution in [3.63, 3.8) is 0 Å². The molecule has 4 aliphatic rings. The highest BCUT2D eigenvalue weighted by atomic mass is 14.6. The van der Waals surface area contributed by atoms with Gasteiger partial charge in [0.2, 0.25) is 0 Å². The summed E-state index contributed by atoms with van der Waals surface area (Å²) in [6.45, 7) is 12.6. The number of hydrogen-bond acceptors (Lipinski definition) is 0. The molecule has 3 fully saturated rings. The Balaban J connectivity index is 1.46. The molecular weight excluding hydrogens is 324 g/mol. The minimum absolute atomic E-state index is 0.562. The number of rotatable bonds is 5. The van der Waals surface area contributed by atoms with Crippen molar-refractivity contribution in [3.05, 3.63) is 11.6 Å². The molecule has 154 valence electrons. The molecular formula is C27H46. The van der Waals surface area contributed by atoms with Gasteiger partial charge in [0.1, 0.15) is 0 Å². The highest BCUT2D eigenvalue weighted by Gasteiger charge is 2.58. The van der Waals surface area contributed by atoms with Gasteiger partial charge < -0.3 is 0 Å². The standard InChI is InChI=1S/C27H46/c1-19(2)8-6-7-9-21-11-13-24-23-12-10-22-18-20(3)14-16-27(22,5)25(23)15-17-26(21,24)4/h10,19-21,23-25H,6-9,11-18H2,1-5H3/t20?,21-,23?,24?,25?,26+,27-/m1/s1. The monoisotopic (exact) mass is 370 g/mol. The normalized spacial score (nSPS) is 46.6. The molecule has 7 atom stereocenters. The second-order valence-corrected chi connectivity index (χ2v) is 12.1. The maximum atomic E-state index is 2.75. The summed E-state index contributed by atoms with van der Waals surface area (Å²) in [5.41, 5.74) is 3.10. The molecule has 0 aromatic heterocycles. The Morgan fingerprint density at radius 1 is 1.00 bits per heavy atom. The van der Waals surface area contributed by atoms with E-state index in [-0.39, 0.29) is 0 Å². The molecule has 0 spiro atoms. The lowest BCUT2D eigenvalue weighted by Crippen LogP contribution is -2.49. The second-order valence-electron chi connectivity index (χ2n) is 12.1. The van der Waals surface area contributed by atoms with Gasteiger partial charge in [0, 0.05) is 0 Å². The summed E-state index contributed by atoms with van der Waals surface area (Å²) in [4.78, 5) is 0. The van der Waals surface area contributed by atoms with Crippen molar-refractivity contribution in [1.29, 1.82) is 0 Å². The van der Waals surface area contributed by atoms with Crippen molar-refractivity contribution in [1.82, 2.24) is 0 Å². The van der Waals surface area contributed by atoms with Gasteiger partial charge in [0.15, 0.2) is 0 Å². The molecule has 4 rings (SSSR count). The van der Waals surface area contributed by atoms with E-state index in [4.69, 9.17) is 0 Å². The van der Waals surface area contributed by atoms with Crippen molar-refractivity contribution in [2.24, 2.45) is 46.3 Å². The van der Waals surface area contributed by atoms with Crippen LogP contribution in [0.4, 0.5) is 0 Å². The van der Waals surface area contributed by atoms with Gasteiger partial charge in [-0.3, -0.25) is 0 Å². The lowest BCUT2D eigenvalue weighted by Gasteiger charge is -2.58. The molecule has 0 heteroatoms. The first-order chi connectivity index (χ1) is 12.8. The minimum Gasteiger partial charge on any atom is -0.0845 e. The maximum Gasteiger partial charge on any atom is -0.00851 e. The quantitative estimate of drug-likeness (QED) is 0.336. The lowest BCUT2D eigenvalue weighted by molar-refractivity contribution is -0.0450. The topological polar surface area (TPSA) is 0 Å². The van der Waals surface area contributed by atoms with Crippen molar-refractivity contribution < 1.29 is 0 Å². The van der Waals surface area contributed by atoms with Crippen LogP contribution >= 0.6 is 0 Å². The summed E-state index contributed by atoms with van der Waals surface area (Å²) < 4.78 is 0. The van der Waals surface area contributed by atoms with Gasteiger partial charge in [0.05, 0.1) is 0 Å². The van der Waals surface area contributed by atoms with Crippen LogP contribution in [-0.4, -0.2) is 0 Å². The fourth-order valence-corrected chi connectivity index (χ4v) is 8.37. The van der Waals surface area contributed by atoms with Crippen LogP contribution in [0.5, 0.6) is 0 Å². The Morgan fingerprint density at radius 2 is 1.81 bits per heavy atom. The molecule has 0 aromatic rings. The fourth-order valence-electron chi connectivity index (χ4n) is 8.37. The van der Waals surface area contributed by atoms with Crippen molar-refractivity contribution in [3.8, 4) is 0 Å². The molecule has 0 aromatic carbocycles. The first-order valence-corrected chi connectivity index (χ1v) is 12.5. The van der Waals surface area contributed by atoms with E-state index in [0.717, 1.165) is 35.5 Å². The van der Waals surface area contributed by atoms with E-state index in [2.05, 4.69) is 40.7 Å². The van der Waals surface area contributed by atoms with Crippen LogP contribution in [0.3, 0.4) is 0 Å². The Hall–Kier alpha value is -0.260. The summed E-state index contributed by atoms with van der Waals surface area (Å²) in [7, 11) is 0. The largest absolute Gasteiger partial charge is 0.0845 e. The average Bonchev–Trinajstić information content (AvgIpc) is 2.96. The van der Waals surface area contributed by atoms with Crippen LogP contribution in [0.15, 0.2) is 11.6 Å². The van der Waals surface area contributed by atoms with Gasteiger partial charge >= 0.3 is 0 Å². The van der Waals surface area contributed by atoms with Crippen LogP contribution in [-0.2, 0) is 0 Å². The molecule has 0 N–H and O–H groups in total. The van der Waals surface area contributed by atoms with Crippen LogP contribution in [0.2, 0.25) is 0 Å². The number of hydrogen-bond donors (Lipinski definition) is 0. The molecule has 3 saturated carbocycles. The van der Waals surface area contributed by atoms with Gasteiger partial charge in [0.25, 0.3) is 0 Å². The smallest absolute Gasteiger partial charge is 0.00851 e. The third kappa shape index (κ3) is 3.46. The Bertz CT molecular complexity index is 556. The summed E-state index contributed by atoms with van der Waals surface area (Å²) in [6.07, 6.45) is 20.6. The summed E-state index contributed by atoms with van der Waals surface area (Å²) in [5, 5.41) is 0. The second kappa shape index (κ2) is 7.53. The Morgan fingerprint density at radius 3 is 2.59 bits per heavy atom. The van der Waals surface area contributed by atoms with E-state index >= 15 is 0 Å². The zero-order valence-electron chi connectivity index (χ0n) is 19.0. The summed E-state index contributed by atoms with van der Waals surface area (Å²) in [5.74, 6) is 5.88. The molecule has 27 heavy (non-hydrogen) atoms. The molecule has 4 unspecified atom stereocenters. The van der Waals surface area contributed by atoms with Gasteiger partial charge in [-0.05, 0) is 104 Å². The molecule has 0 saturated heterocycles. The maximum absolute atomic E-state index is 2.75. The van der Waals surface area contributed by atoms with Gasteiger partial charge in [-0.2, -0.15) is 0 Å². The lowest BCUT2D eigenvalue weighted by atomic mass is 9.47. The van der Waals surface area contributed by atoms with Crippen molar-refractivity contribution in [2.75, 3.05) is 0 Å². The van der Waals surface area contributed by atoms with Crippen LogP contribution < -0.4 is 0 Å². The molecule has 0 bridgehead atoms. The number of fused-ring (bicyclic) bond motifs is 5. The molecule has 0 aliphatic heterocycles. The molecule has 4 aliphatic carbocycles. The predicted octanol–water partition coefficient (Wildman–Crippen LogP) is 8.42. The number of unbranched alkanes of at least 4 members (excludes halogenated alkanes) is 1. The first kappa shape index (κ1) is 20.0. The molecule has 0 radical (unpaired) electrons. The summed E-state index contributed by atoms with van der Waals surface area (Å²) >= 11 is 0. The Labute approximate surface area is 170 Å². The van der Waals surface area contributed by atoms with Crippen molar-refractivity contribution >= 4 is 0 Å². The SMILES string of the molecule is CC(C)CCCC[C@@H]1CCC2C3CC=C4CC(C)CC[C@@]4(C)C3CC[C@]21C.